The van der Waals surface area contributed by atoms with Crippen molar-refractivity contribution in [3.63, 3.8) is 0 Å². The number of halogens is 1. The first-order chi connectivity index (χ1) is 16.2. The zero-order valence-electron chi connectivity index (χ0n) is 19.8. The number of fused-ring (bicyclic) bond motifs is 1. The fourth-order valence-electron chi connectivity index (χ4n) is 5.36. The van der Waals surface area contributed by atoms with Crippen LogP contribution in [0.4, 0.5) is 4.39 Å². The lowest BCUT2D eigenvalue weighted by Crippen LogP contribution is -2.49. The molecule has 1 N–H and O–H groups in total. The van der Waals surface area contributed by atoms with Crippen molar-refractivity contribution in [1.29, 1.82) is 0 Å². The first kappa shape index (κ1) is 22.6. The van der Waals surface area contributed by atoms with Crippen molar-refractivity contribution in [3.8, 4) is 5.75 Å². The minimum absolute atomic E-state index is 0.0219. The molecule has 1 aromatic carbocycles. The number of ether oxygens (including phenoxy) is 1. The van der Waals surface area contributed by atoms with Crippen LogP contribution < -0.4 is 10.3 Å². The van der Waals surface area contributed by atoms with Crippen molar-refractivity contribution < 1.29 is 13.9 Å². The van der Waals surface area contributed by atoms with E-state index >= 15 is 0 Å². The molecule has 3 heterocycles. The van der Waals surface area contributed by atoms with E-state index in [9.17, 15) is 14.0 Å². The number of nitrogens with zero attached hydrogens (tertiary/aromatic N) is 4. The highest BCUT2D eigenvalue weighted by atomic mass is 19.1. The molecular weight excluding hydrogens is 437 g/mol. The Balaban J connectivity index is 1.30. The van der Waals surface area contributed by atoms with E-state index < -0.39 is 11.4 Å². The summed E-state index contributed by atoms with van der Waals surface area (Å²) in [4.78, 5) is 34.4. The van der Waals surface area contributed by atoms with Crippen LogP contribution in [0.15, 0.2) is 29.3 Å². The average molecular weight is 468 g/mol. The van der Waals surface area contributed by atoms with E-state index in [-0.39, 0.29) is 35.2 Å². The largest absolute Gasteiger partial charge is 0.489 e. The Hall–Kier alpha value is -3.23. The van der Waals surface area contributed by atoms with Crippen LogP contribution in [-0.2, 0) is 18.4 Å². The number of carbonyl (C=O) groups excluding carboxylic acids is 1. The summed E-state index contributed by atoms with van der Waals surface area (Å²) in [5.74, 6) is 0.653. The van der Waals surface area contributed by atoms with Gasteiger partial charge in [-0.15, -0.1) is 0 Å². The third-order valence-corrected chi connectivity index (χ3v) is 7.29. The molecule has 8 nitrogen and oxygen atoms in total. The van der Waals surface area contributed by atoms with Gasteiger partial charge >= 0.3 is 0 Å². The van der Waals surface area contributed by atoms with Gasteiger partial charge in [0.15, 0.2) is 0 Å². The van der Waals surface area contributed by atoms with Crippen LogP contribution in [0.5, 0.6) is 5.75 Å². The standard InChI is InChI=1S/C25H30FN5O3/c1-15(2)24(33)31-6-4-25(5-7-31)10-17(11-25)22-28-20-9-18(8-19(26)21(20)23(32)29-22)34-14-16-12-27-30(3)13-16/h8-9,12-13,15,17H,4-7,10-11,14H2,1-3H3,(H,28,29,32). The highest BCUT2D eigenvalue weighted by molar-refractivity contribution is 5.80. The van der Waals surface area contributed by atoms with E-state index in [1.54, 1.807) is 16.9 Å². The minimum atomic E-state index is -0.647. The number of nitrogens with one attached hydrogen (secondary N) is 1. The molecule has 2 fully saturated rings. The van der Waals surface area contributed by atoms with E-state index in [0.717, 1.165) is 44.3 Å². The predicted molar refractivity (Wildman–Crippen MR) is 125 cm³/mol. The third-order valence-electron chi connectivity index (χ3n) is 7.29. The lowest BCUT2D eigenvalue weighted by atomic mass is 9.57. The molecule has 180 valence electrons. The van der Waals surface area contributed by atoms with Crippen molar-refractivity contribution in [2.75, 3.05) is 13.1 Å². The molecule has 1 saturated carbocycles. The minimum Gasteiger partial charge on any atom is -0.489 e. The summed E-state index contributed by atoms with van der Waals surface area (Å²) in [5, 5.41) is 4.05. The van der Waals surface area contributed by atoms with Crippen LogP contribution in [0.25, 0.3) is 10.9 Å². The molecular formula is C25H30FN5O3. The second kappa shape index (κ2) is 8.52. The normalized spacial score (nSPS) is 18.0. The second-order valence-corrected chi connectivity index (χ2v) is 10.1. The summed E-state index contributed by atoms with van der Waals surface area (Å²) >= 11 is 0. The quantitative estimate of drug-likeness (QED) is 0.620. The predicted octanol–water partition coefficient (Wildman–Crippen LogP) is 3.52. The van der Waals surface area contributed by atoms with Gasteiger partial charge < -0.3 is 14.6 Å². The van der Waals surface area contributed by atoms with Crippen molar-refractivity contribution in [2.24, 2.45) is 18.4 Å². The number of rotatable bonds is 5. The maximum absolute atomic E-state index is 14.7. The number of hydrogen-bond donors (Lipinski definition) is 1. The molecule has 2 aromatic heterocycles. The van der Waals surface area contributed by atoms with Gasteiger partial charge in [0.1, 0.15) is 29.4 Å². The van der Waals surface area contributed by atoms with Gasteiger partial charge in [-0.3, -0.25) is 14.3 Å². The molecule has 0 atom stereocenters. The number of aromatic nitrogens is 4. The monoisotopic (exact) mass is 467 g/mol. The molecule has 1 aliphatic carbocycles. The molecule has 0 radical (unpaired) electrons. The molecule has 1 spiro atoms. The van der Waals surface area contributed by atoms with Crippen LogP contribution in [0, 0.1) is 17.2 Å². The van der Waals surface area contributed by atoms with Crippen LogP contribution in [-0.4, -0.2) is 43.6 Å². The van der Waals surface area contributed by atoms with E-state index in [4.69, 9.17) is 4.74 Å². The first-order valence-corrected chi connectivity index (χ1v) is 11.9. The molecule has 0 unspecified atom stereocenters. The third kappa shape index (κ3) is 4.19. The topological polar surface area (TPSA) is 93.1 Å². The molecule has 1 saturated heterocycles. The lowest BCUT2D eigenvalue weighted by molar-refractivity contribution is -0.138. The number of aromatic amines is 1. The fourth-order valence-corrected chi connectivity index (χ4v) is 5.36. The van der Waals surface area contributed by atoms with Crippen LogP contribution >= 0.6 is 0 Å². The van der Waals surface area contributed by atoms with Crippen molar-refractivity contribution >= 4 is 16.8 Å². The smallest absolute Gasteiger partial charge is 0.261 e. The maximum atomic E-state index is 14.7. The van der Waals surface area contributed by atoms with Gasteiger partial charge in [-0.05, 0) is 31.1 Å². The van der Waals surface area contributed by atoms with Gasteiger partial charge in [-0.1, -0.05) is 13.8 Å². The zero-order valence-corrected chi connectivity index (χ0v) is 19.8. The first-order valence-electron chi connectivity index (χ1n) is 11.9. The van der Waals surface area contributed by atoms with Gasteiger partial charge in [0.05, 0.1) is 11.7 Å². The number of hydrogen-bond acceptors (Lipinski definition) is 5. The molecule has 5 rings (SSSR count). The molecule has 0 bridgehead atoms. The van der Waals surface area contributed by atoms with Gasteiger partial charge in [0.2, 0.25) is 5.91 Å². The van der Waals surface area contributed by atoms with Crippen LogP contribution in [0.3, 0.4) is 0 Å². The van der Waals surface area contributed by atoms with Gasteiger partial charge in [-0.2, -0.15) is 5.10 Å². The highest BCUT2D eigenvalue weighted by Gasteiger charge is 2.47. The van der Waals surface area contributed by atoms with Gasteiger partial charge in [0.25, 0.3) is 5.56 Å². The van der Waals surface area contributed by atoms with Crippen LogP contribution in [0.1, 0.15) is 56.8 Å². The molecule has 2 aliphatic rings. The van der Waals surface area contributed by atoms with Crippen molar-refractivity contribution in [3.05, 3.63) is 52.1 Å². The Kier molecular flexibility index (Phi) is 5.65. The summed E-state index contributed by atoms with van der Waals surface area (Å²) in [5.41, 5.74) is 0.905. The Bertz CT molecular complexity index is 1280. The number of carbonyl (C=O) groups is 1. The Morgan fingerprint density at radius 3 is 2.68 bits per heavy atom. The summed E-state index contributed by atoms with van der Waals surface area (Å²) in [6.45, 7) is 5.69. The molecule has 34 heavy (non-hydrogen) atoms. The summed E-state index contributed by atoms with van der Waals surface area (Å²) in [6, 6.07) is 2.85. The summed E-state index contributed by atoms with van der Waals surface area (Å²) in [7, 11) is 1.82. The zero-order chi connectivity index (χ0) is 24.0. The Labute approximate surface area is 197 Å². The Morgan fingerprint density at radius 2 is 2.03 bits per heavy atom. The second-order valence-electron chi connectivity index (χ2n) is 10.1. The fraction of sp³-hybridized carbons (Fsp3) is 0.520. The van der Waals surface area contributed by atoms with Crippen LogP contribution in [0.2, 0.25) is 0 Å². The Morgan fingerprint density at radius 1 is 1.29 bits per heavy atom. The molecule has 1 aliphatic heterocycles. The van der Waals surface area contributed by atoms with Gasteiger partial charge in [0, 0.05) is 55.9 Å². The van der Waals surface area contributed by atoms with E-state index in [0.29, 0.717) is 17.1 Å². The van der Waals surface area contributed by atoms with Crippen molar-refractivity contribution in [1.82, 2.24) is 24.6 Å². The highest BCUT2D eigenvalue weighted by Crippen LogP contribution is 2.56. The van der Waals surface area contributed by atoms with Gasteiger partial charge in [-0.25, -0.2) is 9.37 Å². The SMILES string of the molecule is CC(C)C(=O)N1CCC2(CC1)CC(c1nc3cc(OCc4cnn(C)c4)cc(F)c3c(=O)[nH]1)C2. The molecule has 9 heteroatoms. The number of benzene rings is 1. The average Bonchev–Trinajstić information content (AvgIpc) is 3.20. The summed E-state index contributed by atoms with van der Waals surface area (Å²) in [6.07, 6.45) is 7.30. The number of H-pyrrole nitrogens is 1. The van der Waals surface area contributed by atoms with E-state index in [1.165, 1.54) is 6.07 Å². The van der Waals surface area contributed by atoms with E-state index in [2.05, 4.69) is 15.1 Å². The van der Waals surface area contributed by atoms with E-state index in [1.807, 2.05) is 32.0 Å². The molecule has 3 aromatic rings. The number of likely N-dealkylation sites (tertiary alicyclic amines) is 1. The van der Waals surface area contributed by atoms with Crippen molar-refractivity contribution in [2.45, 2.75) is 52.1 Å². The summed E-state index contributed by atoms with van der Waals surface area (Å²) < 4.78 is 22.1. The lowest BCUT2D eigenvalue weighted by Gasteiger charge is -2.52. The maximum Gasteiger partial charge on any atom is 0.261 e. The number of piperidine rings is 1. The number of amides is 1. The number of aryl methyl sites for hydroxylation is 1. The molecule has 1 amide bonds.